The topological polar surface area (TPSA) is 64.1 Å². The fraction of sp³-hybridized carbons (Fsp3) is 0.106. The maximum Gasteiger partial charge on any atom is 0.153 e. The van der Waals surface area contributed by atoms with Crippen LogP contribution >= 0.6 is 0 Å². The molecule has 9 aromatic rings. The van der Waals surface area contributed by atoms with Gasteiger partial charge in [0.25, 0.3) is 0 Å². The molecule has 0 bridgehead atoms. The average molecular weight is 679 g/mol. The van der Waals surface area contributed by atoms with Gasteiger partial charge in [-0.2, -0.15) is 0 Å². The van der Waals surface area contributed by atoms with Crippen molar-refractivity contribution < 1.29 is 13.6 Å². The predicted molar refractivity (Wildman–Crippen MR) is 213 cm³/mol. The van der Waals surface area contributed by atoms with Crippen LogP contribution in [0.4, 0.5) is 0 Å². The molecule has 3 aromatic heterocycles. The molecule has 0 spiro atoms. The number of benzene rings is 6. The highest BCUT2D eigenvalue weighted by Gasteiger charge is 2.25. The van der Waals surface area contributed by atoms with Gasteiger partial charge in [-0.25, -0.2) is 4.98 Å². The summed E-state index contributed by atoms with van der Waals surface area (Å²) in [6.07, 6.45) is 1.80. The van der Waals surface area contributed by atoms with Gasteiger partial charge in [-0.15, -0.1) is 0 Å². The lowest BCUT2D eigenvalue weighted by Gasteiger charge is -2.22. The summed E-state index contributed by atoms with van der Waals surface area (Å²) < 4.78 is 31.9. The number of para-hydroxylation sites is 3. The SMILES string of the molecule is [2H]C([2H])([2H])c1ccc(-c2ccnc(-c3cc(-c4cccc5c4nc(-c4c(O)ccc6c4oc4ccccc46)n5-c4ccccc4)cc(C(C)(C)C)c3)c2)cc1. The van der Waals surface area contributed by atoms with E-state index in [1.54, 1.807) is 24.4 Å². The molecule has 0 atom stereocenters. The van der Waals surface area contributed by atoms with Crippen LogP contribution in [0.2, 0.25) is 0 Å². The molecular formula is C47H37N3O2. The first-order valence-corrected chi connectivity index (χ1v) is 17.4. The van der Waals surface area contributed by atoms with E-state index in [1.807, 2.05) is 78.9 Å². The molecule has 5 heteroatoms. The monoisotopic (exact) mass is 678 g/mol. The lowest BCUT2D eigenvalue weighted by molar-refractivity contribution is 0.476. The highest BCUT2D eigenvalue weighted by atomic mass is 16.3. The highest BCUT2D eigenvalue weighted by molar-refractivity contribution is 6.11. The van der Waals surface area contributed by atoms with Gasteiger partial charge in [0.15, 0.2) is 5.82 Å². The van der Waals surface area contributed by atoms with Crippen molar-refractivity contribution in [3.63, 3.8) is 0 Å². The van der Waals surface area contributed by atoms with E-state index in [9.17, 15) is 5.11 Å². The van der Waals surface area contributed by atoms with Crippen molar-refractivity contribution in [2.75, 3.05) is 0 Å². The third-order valence-electron chi connectivity index (χ3n) is 9.83. The number of rotatable bonds is 5. The number of pyridine rings is 1. The largest absolute Gasteiger partial charge is 0.507 e. The number of hydrogen-bond acceptors (Lipinski definition) is 4. The lowest BCUT2D eigenvalue weighted by atomic mass is 9.83. The summed E-state index contributed by atoms with van der Waals surface area (Å²) in [5.41, 5.74) is 11.2. The van der Waals surface area contributed by atoms with Crippen LogP contribution in [0.3, 0.4) is 0 Å². The number of aromatic hydroxyl groups is 1. The van der Waals surface area contributed by atoms with Crippen LogP contribution in [0, 0.1) is 6.85 Å². The Balaban J connectivity index is 1.26. The summed E-state index contributed by atoms with van der Waals surface area (Å²) in [4.78, 5) is 10.2. The van der Waals surface area contributed by atoms with Crippen LogP contribution in [-0.4, -0.2) is 19.6 Å². The zero-order valence-electron chi connectivity index (χ0n) is 32.1. The van der Waals surface area contributed by atoms with Gasteiger partial charge in [-0.3, -0.25) is 9.55 Å². The molecule has 252 valence electrons. The number of hydrogen-bond donors (Lipinski definition) is 1. The van der Waals surface area contributed by atoms with Crippen LogP contribution in [0.25, 0.3) is 83.6 Å². The van der Waals surface area contributed by atoms with E-state index in [-0.39, 0.29) is 11.2 Å². The summed E-state index contributed by atoms with van der Waals surface area (Å²) in [5.74, 6) is 0.651. The summed E-state index contributed by atoms with van der Waals surface area (Å²) in [5, 5.41) is 13.4. The van der Waals surface area contributed by atoms with E-state index >= 15 is 0 Å². The molecule has 9 rings (SSSR count). The number of aromatic nitrogens is 3. The van der Waals surface area contributed by atoms with Gasteiger partial charge in [-0.1, -0.05) is 105 Å². The number of furan rings is 1. The van der Waals surface area contributed by atoms with Crippen LogP contribution < -0.4 is 0 Å². The standard InChI is InChI=1S/C47H37N3O2/c1-29-17-19-30(20-18-29)31-23-24-48-39(28-31)33-25-32(26-34(27-33)47(2,3)4)36-14-10-15-40-44(36)49-46(50(40)35-11-6-5-7-12-35)43-41(51)22-21-38-37-13-8-9-16-42(37)52-45(38)43/h5-28,51H,1-4H3/i1D3. The Labute approximate surface area is 306 Å². The molecule has 0 radical (unpaired) electrons. The average Bonchev–Trinajstić information content (AvgIpc) is 3.76. The molecule has 52 heavy (non-hydrogen) atoms. The Morgan fingerprint density at radius 2 is 1.48 bits per heavy atom. The predicted octanol–water partition coefficient (Wildman–Crippen LogP) is 12.3. The Morgan fingerprint density at radius 1 is 0.692 bits per heavy atom. The van der Waals surface area contributed by atoms with E-state index in [0.717, 1.165) is 72.2 Å². The molecule has 0 fully saturated rings. The Hall–Kier alpha value is -6.46. The molecule has 0 unspecified atom stereocenters. The smallest absolute Gasteiger partial charge is 0.153 e. The molecule has 3 heterocycles. The van der Waals surface area contributed by atoms with Crippen molar-refractivity contribution in [1.82, 2.24) is 14.5 Å². The van der Waals surface area contributed by atoms with Crippen LogP contribution in [0.5, 0.6) is 5.75 Å². The minimum atomic E-state index is -2.16. The van der Waals surface area contributed by atoms with Crippen molar-refractivity contribution in [2.45, 2.75) is 33.0 Å². The van der Waals surface area contributed by atoms with E-state index in [1.165, 1.54) is 0 Å². The number of nitrogens with zero attached hydrogens (tertiary/aromatic N) is 3. The van der Waals surface area contributed by atoms with Gasteiger partial charge in [0.2, 0.25) is 0 Å². The highest BCUT2D eigenvalue weighted by Crippen LogP contribution is 2.44. The fourth-order valence-corrected chi connectivity index (χ4v) is 7.13. The van der Waals surface area contributed by atoms with Gasteiger partial charge in [0, 0.05) is 37.9 Å². The molecule has 0 aliphatic heterocycles. The van der Waals surface area contributed by atoms with E-state index in [4.69, 9.17) is 18.5 Å². The zero-order chi connectivity index (χ0) is 38.1. The van der Waals surface area contributed by atoms with Crippen molar-refractivity contribution in [3.05, 3.63) is 157 Å². The molecule has 5 nitrogen and oxygen atoms in total. The van der Waals surface area contributed by atoms with Gasteiger partial charge in [0.1, 0.15) is 22.5 Å². The number of aryl methyl sites for hydroxylation is 1. The molecule has 0 aliphatic carbocycles. The molecule has 0 aliphatic rings. The van der Waals surface area contributed by atoms with Crippen molar-refractivity contribution in [1.29, 1.82) is 0 Å². The van der Waals surface area contributed by atoms with Crippen LogP contribution in [0.1, 0.15) is 36.0 Å². The second-order valence-corrected chi connectivity index (χ2v) is 14.3. The van der Waals surface area contributed by atoms with E-state index in [2.05, 4.69) is 67.8 Å². The maximum atomic E-state index is 11.6. The van der Waals surface area contributed by atoms with Crippen molar-refractivity contribution >= 4 is 33.0 Å². The summed E-state index contributed by atoms with van der Waals surface area (Å²) in [6.45, 7) is 4.44. The number of phenolic OH excluding ortho intramolecular Hbond substituents is 1. The summed E-state index contributed by atoms with van der Waals surface area (Å²) in [7, 11) is 0. The first-order valence-electron chi connectivity index (χ1n) is 18.9. The molecule has 6 aromatic carbocycles. The second kappa shape index (κ2) is 12.1. The minimum Gasteiger partial charge on any atom is -0.507 e. The summed E-state index contributed by atoms with van der Waals surface area (Å²) in [6, 6.07) is 45.4. The summed E-state index contributed by atoms with van der Waals surface area (Å²) >= 11 is 0. The second-order valence-electron chi connectivity index (χ2n) is 14.3. The minimum absolute atomic E-state index is 0.0802. The third kappa shape index (κ3) is 5.33. The van der Waals surface area contributed by atoms with Crippen molar-refractivity contribution in [2.24, 2.45) is 0 Å². The van der Waals surface area contributed by atoms with Gasteiger partial charge < -0.3 is 9.52 Å². The Morgan fingerprint density at radius 3 is 2.29 bits per heavy atom. The maximum absolute atomic E-state index is 11.6. The van der Waals surface area contributed by atoms with Crippen LogP contribution in [0.15, 0.2) is 150 Å². The van der Waals surface area contributed by atoms with E-state index < -0.39 is 6.85 Å². The van der Waals surface area contributed by atoms with Crippen molar-refractivity contribution in [3.8, 4) is 56.3 Å². The molecular weight excluding hydrogens is 639 g/mol. The van der Waals surface area contributed by atoms with Gasteiger partial charge >= 0.3 is 0 Å². The first-order chi connectivity index (χ1) is 26.4. The number of phenols is 1. The zero-order valence-corrected chi connectivity index (χ0v) is 29.1. The molecule has 0 saturated heterocycles. The fourth-order valence-electron chi connectivity index (χ4n) is 7.13. The van der Waals surface area contributed by atoms with E-state index in [0.29, 0.717) is 22.5 Å². The first kappa shape index (κ1) is 28.3. The Kier molecular flexibility index (Phi) is 6.58. The number of imidazole rings is 1. The third-order valence-corrected chi connectivity index (χ3v) is 9.83. The van der Waals surface area contributed by atoms with Gasteiger partial charge in [0.05, 0.1) is 16.7 Å². The normalized spacial score (nSPS) is 13.0. The molecule has 0 amide bonds. The molecule has 0 saturated carbocycles. The lowest BCUT2D eigenvalue weighted by Crippen LogP contribution is -2.11. The van der Waals surface area contributed by atoms with Gasteiger partial charge in [-0.05, 0) is 95.2 Å². The number of fused-ring (bicyclic) bond motifs is 4. The quantitative estimate of drug-likeness (QED) is 0.197. The Bertz CT molecular complexity index is 2900. The van der Waals surface area contributed by atoms with Crippen LogP contribution in [-0.2, 0) is 5.41 Å². The molecule has 1 N–H and O–H groups in total.